The Kier molecular flexibility index (Phi) is 3.97. The van der Waals surface area contributed by atoms with Gasteiger partial charge in [0.25, 0.3) is 0 Å². The monoisotopic (exact) mass is 328 g/mol. The summed E-state index contributed by atoms with van der Waals surface area (Å²) >= 11 is 4.78. The zero-order chi connectivity index (χ0) is 13.3. The van der Waals surface area contributed by atoms with Gasteiger partial charge < -0.3 is 14.8 Å². The Morgan fingerprint density at radius 2 is 2.00 bits per heavy atom. The van der Waals surface area contributed by atoms with Gasteiger partial charge in [0.15, 0.2) is 0 Å². The Morgan fingerprint density at radius 1 is 1.39 bits per heavy atom. The van der Waals surface area contributed by atoms with Crippen LogP contribution in [-0.4, -0.2) is 28.6 Å². The zero-order valence-corrected chi connectivity index (χ0v) is 12.0. The van der Waals surface area contributed by atoms with E-state index in [-0.39, 0.29) is 11.3 Å². The van der Waals surface area contributed by atoms with Crippen LogP contribution in [0.15, 0.2) is 28.7 Å². The molecule has 4 nitrogen and oxygen atoms in total. The molecule has 0 aliphatic carbocycles. The summed E-state index contributed by atoms with van der Waals surface area (Å²) in [4.78, 5) is 24.0. The number of thioether (sulfide) groups is 1. The number of halogens is 1. The van der Waals surface area contributed by atoms with Crippen molar-refractivity contribution in [3.63, 3.8) is 0 Å². The van der Waals surface area contributed by atoms with Crippen molar-refractivity contribution in [1.29, 1.82) is 0 Å². The Balaban J connectivity index is 2.30. The first-order chi connectivity index (χ1) is 8.50. The molecule has 2 atom stereocenters. The highest BCUT2D eigenvalue weighted by molar-refractivity contribution is 9.10. The topological polar surface area (TPSA) is 60.4 Å². The van der Waals surface area contributed by atoms with Gasteiger partial charge in [0.1, 0.15) is 5.37 Å². The molecule has 1 fully saturated rings. The van der Waals surface area contributed by atoms with E-state index in [9.17, 15) is 14.7 Å². The van der Waals surface area contributed by atoms with Crippen LogP contribution in [0.5, 0.6) is 0 Å². The molecule has 0 aromatic heterocycles. The highest BCUT2D eigenvalue weighted by Gasteiger charge is 2.37. The maximum absolute atomic E-state index is 11.6. The SMILES string of the molecule is CC(=O)N1[C@@H](C(=O)[O-])CS[C@@H]1c1ccc(Br)cc1. The van der Waals surface area contributed by atoms with Crippen LogP contribution in [0.4, 0.5) is 0 Å². The van der Waals surface area contributed by atoms with Gasteiger partial charge in [-0.3, -0.25) is 4.79 Å². The molecule has 0 unspecified atom stereocenters. The summed E-state index contributed by atoms with van der Waals surface area (Å²) in [6.07, 6.45) is 0. The largest absolute Gasteiger partial charge is 0.548 e. The second-order valence-corrected chi connectivity index (χ2v) is 6.03. The number of carbonyl (C=O) groups is 2. The second-order valence-electron chi connectivity index (χ2n) is 4.00. The van der Waals surface area contributed by atoms with Crippen LogP contribution >= 0.6 is 27.7 Å². The Hall–Kier alpha value is -1.01. The highest BCUT2D eigenvalue weighted by Crippen LogP contribution is 2.41. The Morgan fingerprint density at radius 3 is 2.50 bits per heavy atom. The molecule has 1 aromatic rings. The van der Waals surface area contributed by atoms with Crippen molar-refractivity contribution in [2.75, 3.05) is 5.75 Å². The molecule has 1 aliphatic rings. The summed E-state index contributed by atoms with van der Waals surface area (Å²) in [7, 11) is 0. The van der Waals surface area contributed by atoms with Gasteiger partial charge in [-0.15, -0.1) is 11.8 Å². The third-order valence-corrected chi connectivity index (χ3v) is 4.64. The molecule has 0 saturated carbocycles. The van der Waals surface area contributed by atoms with Crippen molar-refractivity contribution in [3.8, 4) is 0 Å². The maximum atomic E-state index is 11.6. The van der Waals surface area contributed by atoms with Crippen LogP contribution in [-0.2, 0) is 9.59 Å². The van der Waals surface area contributed by atoms with Crippen LogP contribution in [0.25, 0.3) is 0 Å². The molecule has 1 aliphatic heterocycles. The number of aliphatic carboxylic acids is 1. The van der Waals surface area contributed by atoms with E-state index in [1.165, 1.54) is 23.6 Å². The molecule has 1 aromatic carbocycles. The predicted octanol–water partition coefficient (Wildman–Crippen LogP) is 1.16. The van der Waals surface area contributed by atoms with E-state index in [0.717, 1.165) is 10.0 Å². The predicted molar refractivity (Wildman–Crippen MR) is 70.7 cm³/mol. The van der Waals surface area contributed by atoms with E-state index in [4.69, 9.17) is 0 Å². The lowest BCUT2D eigenvalue weighted by atomic mass is 10.2. The van der Waals surface area contributed by atoms with E-state index < -0.39 is 12.0 Å². The molecule has 18 heavy (non-hydrogen) atoms. The number of hydrogen-bond donors (Lipinski definition) is 0. The molecular weight excluding hydrogens is 318 g/mol. The lowest BCUT2D eigenvalue weighted by molar-refractivity contribution is -0.310. The van der Waals surface area contributed by atoms with Crippen LogP contribution in [0.2, 0.25) is 0 Å². The van der Waals surface area contributed by atoms with Gasteiger partial charge in [-0.2, -0.15) is 0 Å². The van der Waals surface area contributed by atoms with Crippen LogP contribution in [0, 0.1) is 0 Å². The fourth-order valence-corrected chi connectivity index (χ4v) is 3.69. The number of hydrogen-bond acceptors (Lipinski definition) is 4. The van der Waals surface area contributed by atoms with E-state index in [0.29, 0.717) is 5.75 Å². The van der Waals surface area contributed by atoms with E-state index in [1.54, 1.807) is 0 Å². The van der Waals surface area contributed by atoms with E-state index >= 15 is 0 Å². The highest BCUT2D eigenvalue weighted by atomic mass is 79.9. The Labute approximate surface area is 117 Å². The lowest BCUT2D eigenvalue weighted by Gasteiger charge is -2.29. The molecule has 1 saturated heterocycles. The summed E-state index contributed by atoms with van der Waals surface area (Å²) in [5.74, 6) is -1.08. The number of amides is 1. The number of carboxylic acid groups (broad SMARTS) is 1. The molecule has 0 spiro atoms. The molecule has 0 N–H and O–H groups in total. The fourth-order valence-electron chi connectivity index (χ4n) is 1.96. The van der Waals surface area contributed by atoms with Gasteiger partial charge in [-0.25, -0.2) is 0 Å². The summed E-state index contributed by atoms with van der Waals surface area (Å²) in [6.45, 7) is 1.38. The van der Waals surface area contributed by atoms with Gasteiger partial charge in [0.2, 0.25) is 5.91 Å². The first kappa shape index (κ1) is 13.4. The van der Waals surface area contributed by atoms with E-state index in [2.05, 4.69) is 15.9 Å². The van der Waals surface area contributed by atoms with Crippen molar-refractivity contribution >= 4 is 39.6 Å². The van der Waals surface area contributed by atoms with E-state index in [1.807, 2.05) is 24.3 Å². The molecule has 2 rings (SSSR count). The first-order valence-corrected chi connectivity index (χ1v) is 7.21. The lowest BCUT2D eigenvalue weighted by Crippen LogP contribution is -2.48. The molecule has 96 valence electrons. The number of rotatable bonds is 2. The quantitative estimate of drug-likeness (QED) is 0.817. The maximum Gasteiger partial charge on any atom is 0.221 e. The minimum Gasteiger partial charge on any atom is -0.548 e. The van der Waals surface area contributed by atoms with Gasteiger partial charge in [-0.05, 0) is 17.7 Å². The fraction of sp³-hybridized carbons (Fsp3) is 0.333. The minimum absolute atomic E-state index is 0.248. The average Bonchev–Trinajstić information content (AvgIpc) is 2.74. The molecule has 1 heterocycles. The summed E-state index contributed by atoms with van der Waals surface area (Å²) in [5, 5.41) is 10.8. The van der Waals surface area contributed by atoms with Gasteiger partial charge in [0.05, 0.1) is 12.0 Å². The smallest absolute Gasteiger partial charge is 0.221 e. The van der Waals surface area contributed by atoms with Crippen molar-refractivity contribution < 1.29 is 14.7 Å². The number of nitrogens with zero attached hydrogens (tertiary/aromatic N) is 1. The molecular formula is C12H11BrNO3S-. The first-order valence-electron chi connectivity index (χ1n) is 5.37. The standard InChI is InChI=1S/C12H12BrNO3S/c1-7(15)14-10(12(16)17)6-18-11(14)8-2-4-9(13)5-3-8/h2-5,10-11H,6H2,1H3,(H,16,17)/p-1/t10-,11-/m1/s1. The summed E-state index contributed by atoms with van der Waals surface area (Å²) < 4.78 is 0.945. The number of carboxylic acids is 1. The molecule has 6 heteroatoms. The number of benzene rings is 1. The van der Waals surface area contributed by atoms with Crippen molar-refractivity contribution in [1.82, 2.24) is 4.90 Å². The summed E-state index contributed by atoms with van der Waals surface area (Å²) in [5.41, 5.74) is 0.919. The van der Waals surface area contributed by atoms with Crippen molar-refractivity contribution in [2.45, 2.75) is 18.3 Å². The molecule has 0 bridgehead atoms. The molecule has 0 radical (unpaired) electrons. The van der Waals surface area contributed by atoms with Crippen LogP contribution in [0.1, 0.15) is 17.9 Å². The average molecular weight is 329 g/mol. The third-order valence-electron chi connectivity index (χ3n) is 2.79. The van der Waals surface area contributed by atoms with Crippen LogP contribution in [0.3, 0.4) is 0 Å². The normalized spacial score (nSPS) is 23.1. The van der Waals surface area contributed by atoms with Gasteiger partial charge in [-0.1, -0.05) is 28.1 Å². The molecule has 1 amide bonds. The van der Waals surface area contributed by atoms with Crippen molar-refractivity contribution in [2.24, 2.45) is 0 Å². The minimum atomic E-state index is -1.20. The number of carbonyl (C=O) groups excluding carboxylic acids is 2. The Bertz CT molecular complexity index is 477. The van der Waals surface area contributed by atoms with Gasteiger partial charge >= 0.3 is 0 Å². The summed E-state index contributed by atoms with van der Waals surface area (Å²) in [6, 6.07) is 6.67. The van der Waals surface area contributed by atoms with Crippen molar-refractivity contribution in [3.05, 3.63) is 34.3 Å². The van der Waals surface area contributed by atoms with Gasteiger partial charge in [0, 0.05) is 17.1 Å². The second kappa shape index (κ2) is 5.32. The third kappa shape index (κ3) is 2.54. The zero-order valence-electron chi connectivity index (χ0n) is 9.63. The van der Waals surface area contributed by atoms with Crippen LogP contribution < -0.4 is 5.11 Å².